The molecule has 2 N–H and O–H groups in total. The van der Waals surface area contributed by atoms with Crippen molar-refractivity contribution in [2.24, 2.45) is 5.73 Å². The highest BCUT2D eigenvalue weighted by Gasteiger charge is 2.02. The molecule has 88 valence electrons. The summed E-state index contributed by atoms with van der Waals surface area (Å²) in [6, 6.07) is 16.4. The van der Waals surface area contributed by atoms with Gasteiger partial charge in [-0.3, -0.25) is 0 Å². The molecule has 0 unspecified atom stereocenters. The van der Waals surface area contributed by atoms with E-state index in [0.717, 1.165) is 11.3 Å². The number of ether oxygens (including phenoxy) is 1. The topological polar surface area (TPSA) is 35.2 Å². The minimum atomic E-state index is 0.0631. The molecule has 2 heteroatoms. The van der Waals surface area contributed by atoms with Gasteiger partial charge >= 0.3 is 0 Å². The Morgan fingerprint density at radius 3 is 2.29 bits per heavy atom. The molecule has 0 saturated heterocycles. The molecule has 0 fully saturated rings. The Morgan fingerprint density at radius 1 is 1.00 bits per heavy atom. The predicted octanol–water partition coefficient (Wildman–Crippen LogP) is 3.38. The van der Waals surface area contributed by atoms with E-state index in [1.165, 1.54) is 11.1 Å². The SMILES string of the molecule is COc1ccc(-c2cccc([C@@H](C)N)c2)cc1. The van der Waals surface area contributed by atoms with E-state index in [1.54, 1.807) is 7.11 Å². The van der Waals surface area contributed by atoms with Gasteiger partial charge in [0.2, 0.25) is 0 Å². The molecule has 0 spiro atoms. The van der Waals surface area contributed by atoms with Crippen LogP contribution in [0.25, 0.3) is 11.1 Å². The van der Waals surface area contributed by atoms with Crippen LogP contribution in [-0.2, 0) is 0 Å². The monoisotopic (exact) mass is 227 g/mol. The Kier molecular flexibility index (Phi) is 3.45. The zero-order chi connectivity index (χ0) is 12.3. The Hall–Kier alpha value is -1.80. The molecule has 0 aliphatic rings. The van der Waals surface area contributed by atoms with Gasteiger partial charge in [0.25, 0.3) is 0 Å². The van der Waals surface area contributed by atoms with E-state index in [0.29, 0.717) is 0 Å². The molecule has 17 heavy (non-hydrogen) atoms. The van der Waals surface area contributed by atoms with Crippen LogP contribution in [0.4, 0.5) is 0 Å². The fourth-order valence-electron chi connectivity index (χ4n) is 1.78. The van der Waals surface area contributed by atoms with Crippen LogP contribution in [-0.4, -0.2) is 7.11 Å². The zero-order valence-electron chi connectivity index (χ0n) is 10.2. The van der Waals surface area contributed by atoms with Gasteiger partial charge in [0.15, 0.2) is 0 Å². The normalized spacial score (nSPS) is 12.2. The summed E-state index contributed by atoms with van der Waals surface area (Å²) in [5.41, 5.74) is 9.39. The van der Waals surface area contributed by atoms with E-state index in [-0.39, 0.29) is 6.04 Å². The third-order valence-corrected chi connectivity index (χ3v) is 2.84. The van der Waals surface area contributed by atoms with E-state index in [2.05, 4.69) is 30.3 Å². The van der Waals surface area contributed by atoms with Crippen molar-refractivity contribution in [3.8, 4) is 16.9 Å². The summed E-state index contributed by atoms with van der Waals surface area (Å²) in [6.07, 6.45) is 0. The second-order valence-corrected chi connectivity index (χ2v) is 4.14. The van der Waals surface area contributed by atoms with Crippen molar-refractivity contribution >= 4 is 0 Å². The van der Waals surface area contributed by atoms with Crippen molar-refractivity contribution in [3.05, 3.63) is 54.1 Å². The van der Waals surface area contributed by atoms with Crippen LogP contribution in [0.5, 0.6) is 5.75 Å². The molecule has 2 aromatic carbocycles. The summed E-state index contributed by atoms with van der Waals surface area (Å²) in [5.74, 6) is 0.872. The molecule has 0 amide bonds. The maximum Gasteiger partial charge on any atom is 0.118 e. The Labute approximate surface area is 102 Å². The van der Waals surface area contributed by atoms with Gasteiger partial charge in [-0.2, -0.15) is 0 Å². The summed E-state index contributed by atoms with van der Waals surface area (Å²) in [7, 11) is 1.67. The van der Waals surface area contributed by atoms with Crippen LogP contribution >= 0.6 is 0 Å². The average Bonchev–Trinajstić information content (AvgIpc) is 2.39. The van der Waals surface area contributed by atoms with Gasteiger partial charge in [0.1, 0.15) is 5.75 Å². The number of hydrogen-bond acceptors (Lipinski definition) is 2. The lowest BCUT2D eigenvalue weighted by Gasteiger charge is -2.09. The first-order chi connectivity index (χ1) is 8.20. The molecule has 2 nitrogen and oxygen atoms in total. The summed E-state index contributed by atoms with van der Waals surface area (Å²) in [4.78, 5) is 0. The van der Waals surface area contributed by atoms with Crippen LogP contribution < -0.4 is 10.5 Å². The van der Waals surface area contributed by atoms with Crippen LogP contribution in [0.1, 0.15) is 18.5 Å². The van der Waals surface area contributed by atoms with E-state index in [4.69, 9.17) is 10.5 Å². The molecule has 2 rings (SSSR count). The number of nitrogens with two attached hydrogens (primary N) is 1. The third-order valence-electron chi connectivity index (χ3n) is 2.84. The molecule has 0 aliphatic heterocycles. The van der Waals surface area contributed by atoms with Gasteiger partial charge in [-0.05, 0) is 41.8 Å². The van der Waals surface area contributed by atoms with Gasteiger partial charge in [0, 0.05) is 6.04 Å². The van der Waals surface area contributed by atoms with Crippen LogP contribution in [0.2, 0.25) is 0 Å². The number of hydrogen-bond donors (Lipinski definition) is 1. The van der Waals surface area contributed by atoms with Gasteiger partial charge < -0.3 is 10.5 Å². The molecule has 0 heterocycles. The van der Waals surface area contributed by atoms with Crippen LogP contribution in [0, 0.1) is 0 Å². The second-order valence-electron chi connectivity index (χ2n) is 4.14. The van der Waals surface area contributed by atoms with E-state index < -0.39 is 0 Å². The lowest BCUT2D eigenvalue weighted by molar-refractivity contribution is 0.415. The molecule has 2 aromatic rings. The van der Waals surface area contributed by atoms with Crippen LogP contribution in [0.3, 0.4) is 0 Å². The largest absolute Gasteiger partial charge is 0.497 e. The number of rotatable bonds is 3. The first kappa shape index (κ1) is 11.7. The summed E-state index contributed by atoms with van der Waals surface area (Å²) in [5, 5.41) is 0. The first-order valence-corrected chi connectivity index (χ1v) is 5.70. The maximum absolute atomic E-state index is 5.89. The van der Waals surface area contributed by atoms with E-state index in [1.807, 2.05) is 25.1 Å². The molecule has 0 aromatic heterocycles. The zero-order valence-corrected chi connectivity index (χ0v) is 10.2. The van der Waals surface area contributed by atoms with Gasteiger partial charge in [-0.25, -0.2) is 0 Å². The second kappa shape index (κ2) is 5.02. The van der Waals surface area contributed by atoms with Crippen LogP contribution in [0.15, 0.2) is 48.5 Å². The van der Waals surface area contributed by atoms with Crippen molar-refractivity contribution in [1.29, 1.82) is 0 Å². The van der Waals surface area contributed by atoms with Crippen molar-refractivity contribution in [2.75, 3.05) is 7.11 Å². The smallest absolute Gasteiger partial charge is 0.118 e. The number of benzene rings is 2. The summed E-state index contributed by atoms with van der Waals surface area (Å²) < 4.78 is 5.15. The van der Waals surface area contributed by atoms with Crippen molar-refractivity contribution in [1.82, 2.24) is 0 Å². The fraction of sp³-hybridized carbons (Fsp3) is 0.200. The summed E-state index contributed by atoms with van der Waals surface area (Å²) >= 11 is 0. The molecule has 0 aliphatic carbocycles. The Morgan fingerprint density at radius 2 is 1.71 bits per heavy atom. The van der Waals surface area contributed by atoms with Crippen molar-refractivity contribution < 1.29 is 4.74 Å². The molecular formula is C15H17NO. The predicted molar refractivity (Wildman–Crippen MR) is 71.0 cm³/mol. The van der Waals surface area contributed by atoms with Gasteiger partial charge in [0.05, 0.1) is 7.11 Å². The quantitative estimate of drug-likeness (QED) is 0.872. The van der Waals surface area contributed by atoms with E-state index in [9.17, 15) is 0 Å². The van der Waals surface area contributed by atoms with Crippen molar-refractivity contribution in [2.45, 2.75) is 13.0 Å². The third kappa shape index (κ3) is 2.66. The molecule has 0 radical (unpaired) electrons. The lowest BCUT2D eigenvalue weighted by Crippen LogP contribution is -2.04. The highest BCUT2D eigenvalue weighted by Crippen LogP contribution is 2.24. The molecular weight excluding hydrogens is 210 g/mol. The minimum absolute atomic E-state index is 0.0631. The highest BCUT2D eigenvalue weighted by molar-refractivity contribution is 5.65. The Bertz CT molecular complexity index is 489. The number of methoxy groups -OCH3 is 1. The Balaban J connectivity index is 2.35. The maximum atomic E-state index is 5.89. The standard InChI is InChI=1S/C15H17NO/c1-11(16)13-4-3-5-14(10-13)12-6-8-15(17-2)9-7-12/h3-11H,16H2,1-2H3/t11-/m1/s1. The average molecular weight is 227 g/mol. The van der Waals surface area contributed by atoms with E-state index >= 15 is 0 Å². The first-order valence-electron chi connectivity index (χ1n) is 5.70. The van der Waals surface area contributed by atoms with Crippen molar-refractivity contribution in [3.63, 3.8) is 0 Å². The molecule has 1 atom stereocenters. The van der Waals surface area contributed by atoms with Gasteiger partial charge in [-0.15, -0.1) is 0 Å². The molecule has 0 bridgehead atoms. The lowest BCUT2D eigenvalue weighted by atomic mass is 10.0. The molecule has 0 saturated carbocycles. The summed E-state index contributed by atoms with van der Waals surface area (Å²) in [6.45, 7) is 1.99. The van der Waals surface area contributed by atoms with Gasteiger partial charge in [-0.1, -0.05) is 30.3 Å². The fourth-order valence-corrected chi connectivity index (χ4v) is 1.78. The highest BCUT2D eigenvalue weighted by atomic mass is 16.5. The minimum Gasteiger partial charge on any atom is -0.497 e.